The average molecular weight is 580 g/mol. The van der Waals surface area contributed by atoms with Crippen LogP contribution in [0, 0.1) is 6.92 Å². The van der Waals surface area contributed by atoms with Gasteiger partial charge in [0.15, 0.2) is 5.75 Å². The first-order valence-electron chi connectivity index (χ1n) is 11.9. The maximum atomic E-state index is 13.2. The van der Waals surface area contributed by atoms with E-state index in [1.807, 2.05) is 43.3 Å². The third-order valence-corrected chi connectivity index (χ3v) is 8.39. The number of thioether (sulfide) groups is 1. The number of rotatable bonds is 8. The molecule has 0 aliphatic carbocycles. The van der Waals surface area contributed by atoms with E-state index in [2.05, 4.69) is 0 Å². The van der Waals surface area contributed by atoms with E-state index in [1.54, 1.807) is 18.2 Å². The van der Waals surface area contributed by atoms with E-state index in [-0.39, 0.29) is 28.7 Å². The van der Waals surface area contributed by atoms with E-state index in [0.29, 0.717) is 21.7 Å². The number of halogens is 1. The van der Waals surface area contributed by atoms with Gasteiger partial charge in [-0.05, 0) is 78.0 Å². The molecule has 0 aromatic heterocycles. The van der Waals surface area contributed by atoms with Gasteiger partial charge in [0.2, 0.25) is 0 Å². The van der Waals surface area contributed by atoms with Gasteiger partial charge in [0.1, 0.15) is 17.3 Å². The zero-order valence-corrected chi connectivity index (χ0v) is 23.1. The number of carbonyl (C=O) groups excluding carboxylic acids is 2. The van der Waals surface area contributed by atoms with E-state index in [1.165, 1.54) is 36.4 Å². The van der Waals surface area contributed by atoms with Gasteiger partial charge < -0.3 is 8.92 Å². The van der Waals surface area contributed by atoms with Crippen LogP contribution in [-0.2, 0) is 14.9 Å². The Morgan fingerprint density at radius 1 is 0.923 bits per heavy atom. The minimum Gasteiger partial charge on any atom is -0.492 e. The molecule has 0 spiro atoms. The molecule has 0 atom stereocenters. The smallest absolute Gasteiger partial charge is 0.339 e. The summed E-state index contributed by atoms with van der Waals surface area (Å²) in [5.74, 6) is 0.178. The predicted octanol–water partition coefficient (Wildman–Crippen LogP) is 6.68. The van der Waals surface area contributed by atoms with Gasteiger partial charge in [-0.1, -0.05) is 59.6 Å². The zero-order valence-electron chi connectivity index (χ0n) is 20.7. The molecule has 4 aromatic rings. The van der Waals surface area contributed by atoms with E-state index >= 15 is 0 Å². The number of imide groups is 1. The summed E-state index contributed by atoms with van der Waals surface area (Å²) < 4.78 is 37.3. The van der Waals surface area contributed by atoms with Gasteiger partial charge in [-0.3, -0.25) is 14.5 Å². The Bertz CT molecular complexity index is 1700. The summed E-state index contributed by atoms with van der Waals surface area (Å²) in [5, 5.41) is 1.43. The van der Waals surface area contributed by atoms with Crippen molar-refractivity contribution < 1.29 is 26.9 Å². The Morgan fingerprint density at radius 3 is 2.38 bits per heavy atom. The largest absolute Gasteiger partial charge is 0.492 e. The second-order valence-corrected chi connectivity index (χ2v) is 11.7. The van der Waals surface area contributed by atoms with Crippen molar-refractivity contribution in [1.29, 1.82) is 0 Å². The molecule has 1 aliphatic rings. The van der Waals surface area contributed by atoms with Crippen molar-refractivity contribution in [2.24, 2.45) is 0 Å². The molecule has 1 aliphatic heterocycles. The van der Waals surface area contributed by atoms with Crippen LogP contribution in [-0.4, -0.2) is 37.6 Å². The van der Waals surface area contributed by atoms with Crippen LogP contribution in [0.3, 0.4) is 0 Å². The lowest BCUT2D eigenvalue weighted by Gasteiger charge is -2.14. The van der Waals surface area contributed by atoms with Crippen LogP contribution in [0.15, 0.2) is 94.7 Å². The molecule has 2 amide bonds. The summed E-state index contributed by atoms with van der Waals surface area (Å²) in [6.07, 6.45) is 1.50. The van der Waals surface area contributed by atoms with E-state index in [0.717, 1.165) is 27.6 Å². The Morgan fingerprint density at radius 2 is 1.64 bits per heavy atom. The second kappa shape index (κ2) is 11.1. The highest BCUT2D eigenvalue weighted by Gasteiger charge is 2.35. The minimum absolute atomic E-state index is 0.0261. The van der Waals surface area contributed by atoms with E-state index in [4.69, 9.17) is 20.5 Å². The predicted molar refractivity (Wildman–Crippen MR) is 153 cm³/mol. The summed E-state index contributed by atoms with van der Waals surface area (Å²) in [6.45, 7) is 2.17. The number of hydrogen-bond donors (Lipinski definition) is 0. The fourth-order valence-corrected chi connectivity index (χ4v) is 5.90. The molecular weight excluding hydrogens is 558 g/mol. The molecule has 0 bridgehead atoms. The minimum atomic E-state index is -4.20. The molecule has 39 heavy (non-hydrogen) atoms. The molecule has 0 N–H and O–H groups in total. The molecule has 1 heterocycles. The highest BCUT2D eigenvalue weighted by molar-refractivity contribution is 8.18. The van der Waals surface area contributed by atoms with E-state index < -0.39 is 21.3 Å². The molecule has 1 fully saturated rings. The second-order valence-electron chi connectivity index (χ2n) is 8.68. The fourth-order valence-electron chi connectivity index (χ4n) is 3.98. The Hall–Kier alpha value is -3.79. The number of fused-ring (bicyclic) bond motifs is 1. The number of nitrogens with zero attached hydrogens (tertiary/aromatic N) is 1. The van der Waals surface area contributed by atoms with Gasteiger partial charge in [-0.25, -0.2) is 0 Å². The summed E-state index contributed by atoms with van der Waals surface area (Å²) in [7, 11) is -4.20. The van der Waals surface area contributed by atoms with Crippen LogP contribution in [0.25, 0.3) is 16.8 Å². The summed E-state index contributed by atoms with van der Waals surface area (Å²) >= 11 is 6.68. The maximum absolute atomic E-state index is 13.2. The van der Waals surface area contributed by atoms with Crippen molar-refractivity contribution in [3.8, 4) is 11.5 Å². The topological polar surface area (TPSA) is 90.0 Å². The Balaban J connectivity index is 1.43. The average Bonchev–Trinajstić information content (AvgIpc) is 3.18. The first-order valence-corrected chi connectivity index (χ1v) is 14.5. The summed E-state index contributed by atoms with van der Waals surface area (Å²) in [4.78, 5) is 27.1. The van der Waals surface area contributed by atoms with Gasteiger partial charge in [-0.2, -0.15) is 8.42 Å². The van der Waals surface area contributed by atoms with Crippen molar-refractivity contribution in [2.45, 2.75) is 11.8 Å². The monoisotopic (exact) mass is 579 g/mol. The number of amides is 2. The van der Waals surface area contributed by atoms with Crippen LogP contribution in [0.4, 0.5) is 4.79 Å². The van der Waals surface area contributed by atoms with Crippen molar-refractivity contribution in [1.82, 2.24) is 4.90 Å². The molecule has 0 saturated carbocycles. The lowest BCUT2D eigenvalue weighted by molar-refractivity contribution is -0.123. The molecular formula is C29H22ClNO6S2. The van der Waals surface area contributed by atoms with Gasteiger partial charge in [-0.15, -0.1) is 0 Å². The van der Waals surface area contributed by atoms with Crippen LogP contribution < -0.4 is 8.92 Å². The van der Waals surface area contributed by atoms with Crippen molar-refractivity contribution >= 4 is 61.5 Å². The summed E-state index contributed by atoms with van der Waals surface area (Å²) in [6, 6.07) is 23.6. The number of hydrogen-bond acceptors (Lipinski definition) is 7. The van der Waals surface area contributed by atoms with Crippen molar-refractivity contribution in [3.63, 3.8) is 0 Å². The quantitative estimate of drug-likeness (QED) is 0.170. The van der Waals surface area contributed by atoms with Crippen LogP contribution in [0.1, 0.15) is 11.1 Å². The standard InChI is InChI=1S/C29H22ClNO6S2/c1-19-6-11-22(12-7-19)36-17-16-31-28(32)27(38-29(31)33)18-25-24-5-3-2-4-20(24)8-15-26(25)37-39(34,35)23-13-9-21(30)10-14-23/h2-15,18H,16-17H2,1H3/b27-18-. The molecule has 0 unspecified atom stereocenters. The Labute approximate surface area is 235 Å². The third-order valence-electron chi connectivity index (χ3n) is 5.99. The summed E-state index contributed by atoms with van der Waals surface area (Å²) in [5.41, 5.74) is 1.46. The number of benzene rings is 4. The third kappa shape index (κ3) is 5.95. The van der Waals surface area contributed by atoms with Crippen LogP contribution >= 0.6 is 23.4 Å². The molecule has 0 radical (unpaired) electrons. The van der Waals surface area contributed by atoms with E-state index in [9.17, 15) is 18.0 Å². The lowest BCUT2D eigenvalue weighted by Crippen LogP contribution is -2.32. The Kier molecular flexibility index (Phi) is 7.65. The number of aryl methyl sites for hydroxylation is 1. The number of carbonyl (C=O) groups is 2. The fraction of sp³-hybridized carbons (Fsp3) is 0.103. The van der Waals surface area contributed by atoms with Crippen LogP contribution in [0.2, 0.25) is 5.02 Å². The lowest BCUT2D eigenvalue weighted by atomic mass is 10.0. The molecule has 5 rings (SSSR count). The number of ether oxygens (including phenoxy) is 1. The van der Waals surface area contributed by atoms with Gasteiger partial charge in [0, 0.05) is 10.6 Å². The maximum Gasteiger partial charge on any atom is 0.339 e. The van der Waals surface area contributed by atoms with Crippen molar-refractivity contribution in [3.05, 3.63) is 106 Å². The molecule has 7 nitrogen and oxygen atoms in total. The van der Waals surface area contributed by atoms with Crippen molar-refractivity contribution in [2.75, 3.05) is 13.2 Å². The van der Waals surface area contributed by atoms with Crippen LogP contribution in [0.5, 0.6) is 11.5 Å². The van der Waals surface area contributed by atoms with Gasteiger partial charge >= 0.3 is 10.1 Å². The highest BCUT2D eigenvalue weighted by atomic mass is 35.5. The molecule has 10 heteroatoms. The first kappa shape index (κ1) is 26.8. The highest BCUT2D eigenvalue weighted by Crippen LogP contribution is 2.37. The zero-order chi connectivity index (χ0) is 27.6. The first-order chi connectivity index (χ1) is 18.7. The van der Waals surface area contributed by atoms with Gasteiger partial charge in [0.05, 0.1) is 11.4 Å². The molecule has 1 saturated heterocycles. The molecule has 198 valence electrons. The SMILES string of the molecule is Cc1ccc(OCCN2C(=O)S/C(=C\c3c(OS(=O)(=O)c4ccc(Cl)cc4)ccc4ccccc34)C2=O)cc1. The van der Waals surface area contributed by atoms with Gasteiger partial charge in [0.25, 0.3) is 11.1 Å². The normalized spacial score (nSPS) is 14.8. The molecule has 4 aromatic carbocycles.